The molecule has 0 radical (unpaired) electrons. The fraction of sp³-hybridized carbons (Fsp3) is 0.250. The number of aryl methyl sites for hydroxylation is 1. The molecule has 1 aromatic carbocycles. The Morgan fingerprint density at radius 3 is 2.75 bits per heavy atom. The highest BCUT2D eigenvalue weighted by atomic mass is 16.1. The van der Waals surface area contributed by atoms with Gasteiger partial charge in [-0.2, -0.15) is 0 Å². The molecule has 4 nitrogen and oxygen atoms in total. The minimum absolute atomic E-state index is 0.0116. The average Bonchev–Trinajstić information content (AvgIpc) is 2.48. The van der Waals surface area contributed by atoms with Gasteiger partial charge in [-0.15, -0.1) is 0 Å². The van der Waals surface area contributed by atoms with Crippen molar-refractivity contribution in [3.05, 3.63) is 65.5 Å². The maximum absolute atomic E-state index is 11.7. The van der Waals surface area contributed by atoms with Crippen molar-refractivity contribution in [1.29, 1.82) is 0 Å². The molecule has 1 heterocycles. The molecule has 0 atom stereocenters. The van der Waals surface area contributed by atoms with Crippen molar-refractivity contribution in [3.63, 3.8) is 0 Å². The second kappa shape index (κ2) is 7.40. The molecule has 0 fully saturated rings. The Kier molecular flexibility index (Phi) is 5.26. The minimum Gasteiger partial charge on any atom is -0.351 e. The molecule has 0 aliphatic rings. The van der Waals surface area contributed by atoms with Crippen molar-refractivity contribution in [2.24, 2.45) is 0 Å². The van der Waals surface area contributed by atoms with Crippen LogP contribution in [0.25, 0.3) is 0 Å². The van der Waals surface area contributed by atoms with Gasteiger partial charge in [0.25, 0.3) is 0 Å². The first kappa shape index (κ1) is 14.2. The van der Waals surface area contributed by atoms with Crippen molar-refractivity contribution in [2.45, 2.75) is 20.0 Å². The van der Waals surface area contributed by atoms with E-state index in [2.05, 4.69) is 34.7 Å². The van der Waals surface area contributed by atoms with Gasteiger partial charge in [0.1, 0.15) is 0 Å². The lowest BCUT2D eigenvalue weighted by molar-refractivity contribution is -0.120. The molecule has 4 heteroatoms. The van der Waals surface area contributed by atoms with Gasteiger partial charge in [0.05, 0.1) is 6.54 Å². The van der Waals surface area contributed by atoms with Crippen LogP contribution in [0.2, 0.25) is 0 Å². The lowest BCUT2D eigenvalue weighted by Crippen LogP contribution is -2.33. The molecule has 2 aromatic rings. The summed E-state index contributed by atoms with van der Waals surface area (Å²) in [6, 6.07) is 12.0. The monoisotopic (exact) mass is 269 g/mol. The van der Waals surface area contributed by atoms with Crippen molar-refractivity contribution >= 4 is 5.91 Å². The normalized spacial score (nSPS) is 10.2. The molecule has 1 amide bonds. The van der Waals surface area contributed by atoms with Crippen molar-refractivity contribution in [1.82, 2.24) is 15.6 Å². The summed E-state index contributed by atoms with van der Waals surface area (Å²) in [4.78, 5) is 15.7. The molecule has 0 aliphatic carbocycles. The zero-order valence-corrected chi connectivity index (χ0v) is 11.6. The van der Waals surface area contributed by atoms with Crippen LogP contribution in [0, 0.1) is 6.92 Å². The Bertz CT molecular complexity index is 555. The Balaban J connectivity index is 1.69. The fourth-order valence-corrected chi connectivity index (χ4v) is 1.88. The Hall–Kier alpha value is -2.20. The molecule has 2 N–H and O–H groups in total. The molecule has 104 valence electrons. The summed E-state index contributed by atoms with van der Waals surface area (Å²) in [5, 5.41) is 6.01. The predicted molar refractivity (Wildman–Crippen MR) is 79.0 cm³/mol. The third kappa shape index (κ3) is 4.48. The SMILES string of the molecule is Cc1ccccc1CNCC(=O)NCc1cccnc1. The quantitative estimate of drug-likeness (QED) is 0.840. The van der Waals surface area contributed by atoms with Crippen molar-refractivity contribution in [2.75, 3.05) is 6.54 Å². The number of hydrogen-bond acceptors (Lipinski definition) is 3. The number of aromatic nitrogens is 1. The van der Waals surface area contributed by atoms with Crippen LogP contribution in [0.5, 0.6) is 0 Å². The standard InChI is InChI=1S/C16H19N3O/c1-13-5-2-3-7-15(13)11-18-12-16(20)19-10-14-6-4-8-17-9-14/h2-9,18H,10-12H2,1H3,(H,19,20). The van der Waals surface area contributed by atoms with E-state index < -0.39 is 0 Å². The first-order valence-electron chi connectivity index (χ1n) is 6.66. The zero-order valence-electron chi connectivity index (χ0n) is 11.6. The van der Waals surface area contributed by atoms with Crippen LogP contribution in [0.3, 0.4) is 0 Å². The largest absolute Gasteiger partial charge is 0.351 e. The van der Waals surface area contributed by atoms with E-state index in [0.717, 1.165) is 5.56 Å². The second-order valence-electron chi connectivity index (χ2n) is 4.67. The van der Waals surface area contributed by atoms with Gasteiger partial charge >= 0.3 is 0 Å². The molecule has 0 saturated heterocycles. The third-order valence-electron chi connectivity index (χ3n) is 3.07. The maximum atomic E-state index is 11.7. The van der Waals surface area contributed by atoms with Gasteiger partial charge in [-0.05, 0) is 29.7 Å². The molecule has 0 unspecified atom stereocenters. The topological polar surface area (TPSA) is 54.0 Å². The summed E-state index contributed by atoms with van der Waals surface area (Å²) >= 11 is 0. The number of pyridine rings is 1. The smallest absolute Gasteiger partial charge is 0.234 e. The summed E-state index contributed by atoms with van der Waals surface area (Å²) in [6.45, 7) is 3.60. The van der Waals surface area contributed by atoms with Gasteiger partial charge in [0, 0.05) is 25.5 Å². The van der Waals surface area contributed by atoms with Crippen LogP contribution < -0.4 is 10.6 Å². The van der Waals surface area contributed by atoms with Crippen LogP contribution in [0.15, 0.2) is 48.8 Å². The van der Waals surface area contributed by atoms with Crippen LogP contribution in [0.4, 0.5) is 0 Å². The predicted octanol–water partition coefficient (Wildman–Crippen LogP) is 1.80. The van der Waals surface area contributed by atoms with E-state index in [9.17, 15) is 4.79 Å². The number of amides is 1. The van der Waals surface area contributed by atoms with Crippen LogP contribution in [-0.4, -0.2) is 17.4 Å². The van der Waals surface area contributed by atoms with Gasteiger partial charge in [-0.25, -0.2) is 0 Å². The van der Waals surface area contributed by atoms with Crippen LogP contribution >= 0.6 is 0 Å². The Morgan fingerprint density at radius 2 is 2.00 bits per heavy atom. The lowest BCUT2D eigenvalue weighted by atomic mass is 10.1. The number of carbonyl (C=O) groups is 1. The molecular formula is C16H19N3O. The summed E-state index contributed by atoms with van der Waals surface area (Å²) in [5.41, 5.74) is 3.45. The molecular weight excluding hydrogens is 250 g/mol. The van der Waals surface area contributed by atoms with Gasteiger partial charge in [0.2, 0.25) is 5.91 Å². The Labute approximate surface area is 119 Å². The third-order valence-corrected chi connectivity index (χ3v) is 3.07. The summed E-state index contributed by atoms with van der Waals surface area (Å²) in [5.74, 6) is -0.0116. The summed E-state index contributed by atoms with van der Waals surface area (Å²) in [7, 11) is 0. The number of nitrogens with zero attached hydrogens (tertiary/aromatic N) is 1. The maximum Gasteiger partial charge on any atom is 0.234 e. The zero-order chi connectivity index (χ0) is 14.2. The van der Waals surface area contributed by atoms with Crippen LogP contribution in [0.1, 0.15) is 16.7 Å². The Morgan fingerprint density at radius 1 is 1.15 bits per heavy atom. The molecule has 0 bridgehead atoms. The highest BCUT2D eigenvalue weighted by Crippen LogP contribution is 2.05. The molecule has 0 spiro atoms. The van der Waals surface area contributed by atoms with Crippen molar-refractivity contribution < 1.29 is 4.79 Å². The summed E-state index contributed by atoms with van der Waals surface area (Å²) < 4.78 is 0. The molecule has 0 aliphatic heterocycles. The number of benzene rings is 1. The van der Waals surface area contributed by atoms with E-state index in [0.29, 0.717) is 19.6 Å². The van der Waals surface area contributed by atoms with E-state index in [1.54, 1.807) is 12.4 Å². The fourth-order valence-electron chi connectivity index (χ4n) is 1.88. The highest BCUT2D eigenvalue weighted by molar-refractivity contribution is 5.77. The molecule has 0 saturated carbocycles. The average molecular weight is 269 g/mol. The molecule has 1 aromatic heterocycles. The van der Waals surface area contributed by atoms with Crippen LogP contribution in [-0.2, 0) is 17.9 Å². The van der Waals surface area contributed by atoms with E-state index in [-0.39, 0.29) is 5.91 Å². The number of rotatable bonds is 6. The highest BCUT2D eigenvalue weighted by Gasteiger charge is 2.02. The first-order valence-corrected chi connectivity index (χ1v) is 6.66. The lowest BCUT2D eigenvalue weighted by Gasteiger charge is -2.08. The molecule has 20 heavy (non-hydrogen) atoms. The summed E-state index contributed by atoms with van der Waals surface area (Å²) in [6.07, 6.45) is 3.47. The second-order valence-corrected chi connectivity index (χ2v) is 4.67. The van der Waals surface area contributed by atoms with Gasteiger partial charge in [0.15, 0.2) is 0 Å². The van der Waals surface area contributed by atoms with Crippen molar-refractivity contribution in [3.8, 4) is 0 Å². The number of carbonyl (C=O) groups excluding carboxylic acids is 1. The van der Waals surface area contributed by atoms with E-state index in [4.69, 9.17) is 0 Å². The van der Waals surface area contributed by atoms with E-state index in [1.807, 2.05) is 24.3 Å². The van der Waals surface area contributed by atoms with E-state index in [1.165, 1.54) is 11.1 Å². The minimum atomic E-state index is -0.0116. The molecule has 2 rings (SSSR count). The van der Waals surface area contributed by atoms with E-state index >= 15 is 0 Å². The van der Waals surface area contributed by atoms with Gasteiger partial charge in [-0.3, -0.25) is 9.78 Å². The number of nitrogens with one attached hydrogen (secondary N) is 2. The van der Waals surface area contributed by atoms with Gasteiger partial charge in [-0.1, -0.05) is 30.3 Å². The van der Waals surface area contributed by atoms with Gasteiger partial charge < -0.3 is 10.6 Å². The first-order chi connectivity index (χ1) is 9.75. The number of hydrogen-bond donors (Lipinski definition) is 2.